The number of esters is 1. The van der Waals surface area contributed by atoms with Crippen molar-refractivity contribution in [1.82, 2.24) is 19.7 Å². The van der Waals surface area contributed by atoms with E-state index in [9.17, 15) is 4.79 Å². The van der Waals surface area contributed by atoms with Crippen LogP contribution in [0.5, 0.6) is 0 Å². The molecule has 19 heavy (non-hydrogen) atoms. The molecule has 0 aliphatic rings. The smallest absolute Gasteiger partial charge is 0.356 e. The molecule has 0 aromatic carbocycles. The minimum Gasteiger partial charge on any atom is -0.464 e. The lowest BCUT2D eigenvalue weighted by atomic mass is 10.3. The number of carbonyl (C=O) groups is 1. The second kappa shape index (κ2) is 5.94. The molecule has 7 heteroatoms. The number of rotatable bonds is 5. The van der Waals surface area contributed by atoms with Crippen molar-refractivity contribution in [1.29, 1.82) is 0 Å². The molecule has 0 amide bonds. The number of pyridine rings is 1. The highest BCUT2D eigenvalue weighted by molar-refractivity contribution is 5.88. The third-order valence-electron chi connectivity index (χ3n) is 2.48. The average molecular weight is 261 g/mol. The molecule has 0 spiro atoms. The minimum absolute atomic E-state index is 0.281. The highest BCUT2D eigenvalue weighted by atomic mass is 16.5. The van der Waals surface area contributed by atoms with Crippen LogP contribution < -0.4 is 5.32 Å². The van der Waals surface area contributed by atoms with E-state index in [0.717, 1.165) is 11.5 Å². The molecule has 0 saturated carbocycles. The van der Waals surface area contributed by atoms with Crippen LogP contribution in [0, 0.1) is 0 Å². The van der Waals surface area contributed by atoms with Crippen LogP contribution in [0.1, 0.15) is 16.3 Å². The van der Waals surface area contributed by atoms with Gasteiger partial charge < -0.3 is 10.1 Å². The zero-order valence-corrected chi connectivity index (χ0v) is 10.8. The van der Waals surface area contributed by atoms with Crippen molar-refractivity contribution in [3.63, 3.8) is 0 Å². The van der Waals surface area contributed by atoms with E-state index in [2.05, 4.69) is 25.1 Å². The fourth-order valence-electron chi connectivity index (χ4n) is 1.57. The summed E-state index contributed by atoms with van der Waals surface area (Å²) in [7, 11) is 3.16. The van der Waals surface area contributed by atoms with Crippen LogP contribution in [0.4, 0.5) is 5.69 Å². The van der Waals surface area contributed by atoms with Gasteiger partial charge in [-0.05, 0) is 12.1 Å². The molecule has 100 valence electrons. The van der Waals surface area contributed by atoms with Gasteiger partial charge in [-0.1, -0.05) is 0 Å². The molecule has 2 heterocycles. The van der Waals surface area contributed by atoms with Crippen LogP contribution in [0.15, 0.2) is 24.7 Å². The van der Waals surface area contributed by atoms with Crippen molar-refractivity contribution >= 4 is 11.7 Å². The van der Waals surface area contributed by atoms with Crippen molar-refractivity contribution in [3.05, 3.63) is 36.2 Å². The van der Waals surface area contributed by atoms with Gasteiger partial charge in [0.2, 0.25) is 0 Å². The maximum Gasteiger partial charge on any atom is 0.356 e. The van der Waals surface area contributed by atoms with E-state index >= 15 is 0 Å². The van der Waals surface area contributed by atoms with E-state index < -0.39 is 5.97 Å². The zero-order valence-electron chi connectivity index (χ0n) is 10.8. The molecular weight excluding hydrogens is 246 g/mol. The molecule has 7 nitrogen and oxygen atoms in total. The summed E-state index contributed by atoms with van der Waals surface area (Å²) in [6.07, 6.45) is 3.93. The van der Waals surface area contributed by atoms with Crippen molar-refractivity contribution < 1.29 is 9.53 Å². The van der Waals surface area contributed by atoms with Gasteiger partial charge in [0.15, 0.2) is 5.82 Å². The van der Waals surface area contributed by atoms with Gasteiger partial charge in [-0.15, -0.1) is 0 Å². The van der Waals surface area contributed by atoms with E-state index in [4.69, 9.17) is 0 Å². The Hall–Kier alpha value is -2.44. The van der Waals surface area contributed by atoms with Gasteiger partial charge in [-0.2, -0.15) is 5.10 Å². The van der Waals surface area contributed by atoms with E-state index in [0.29, 0.717) is 13.0 Å². The summed E-state index contributed by atoms with van der Waals surface area (Å²) < 4.78 is 6.28. The Balaban J connectivity index is 1.90. The lowest BCUT2D eigenvalue weighted by Crippen LogP contribution is -2.09. The number of hydrogen-bond acceptors (Lipinski definition) is 6. The SMILES string of the molecule is COC(=O)c1cc(NCCc2ncn(C)n2)ccn1. The Morgan fingerprint density at radius 1 is 1.47 bits per heavy atom. The van der Waals surface area contributed by atoms with Crippen molar-refractivity contribution in [2.45, 2.75) is 6.42 Å². The first kappa shape index (κ1) is 13.0. The van der Waals surface area contributed by atoms with Gasteiger partial charge in [-0.25, -0.2) is 14.8 Å². The number of hydrogen-bond donors (Lipinski definition) is 1. The first-order valence-electron chi connectivity index (χ1n) is 5.82. The lowest BCUT2D eigenvalue weighted by molar-refractivity contribution is 0.0594. The first-order chi connectivity index (χ1) is 9.19. The largest absolute Gasteiger partial charge is 0.464 e. The van der Waals surface area contributed by atoms with Crippen LogP contribution in [0.3, 0.4) is 0 Å². The minimum atomic E-state index is -0.449. The Morgan fingerprint density at radius 3 is 3.00 bits per heavy atom. The standard InChI is InChI=1S/C12H15N5O2/c1-17-8-15-11(16-17)4-6-13-9-3-5-14-10(7-9)12(18)19-2/h3,5,7-8H,4,6H2,1-2H3,(H,13,14). The lowest BCUT2D eigenvalue weighted by Gasteiger charge is -2.05. The molecule has 0 saturated heterocycles. The molecule has 0 atom stereocenters. The van der Waals surface area contributed by atoms with Gasteiger partial charge in [0.25, 0.3) is 0 Å². The summed E-state index contributed by atoms with van der Waals surface area (Å²) in [5, 5.41) is 7.36. The van der Waals surface area contributed by atoms with E-state index in [1.54, 1.807) is 29.3 Å². The number of nitrogens with zero attached hydrogens (tertiary/aromatic N) is 4. The first-order valence-corrected chi connectivity index (χ1v) is 5.82. The number of ether oxygens (including phenoxy) is 1. The van der Waals surface area contributed by atoms with Crippen LogP contribution in [-0.4, -0.2) is 39.4 Å². The second-order valence-corrected chi connectivity index (χ2v) is 3.93. The molecular formula is C12H15N5O2. The summed E-state index contributed by atoms with van der Waals surface area (Å²) in [5.41, 5.74) is 1.09. The zero-order chi connectivity index (χ0) is 13.7. The van der Waals surface area contributed by atoms with Gasteiger partial charge in [-0.3, -0.25) is 4.68 Å². The Bertz CT molecular complexity index is 567. The summed E-state index contributed by atoms with van der Waals surface area (Å²) in [4.78, 5) is 19.4. The number of nitrogens with one attached hydrogen (secondary N) is 1. The Labute approximate surface area is 110 Å². The number of aryl methyl sites for hydroxylation is 1. The summed E-state index contributed by atoms with van der Waals surface area (Å²) in [6.45, 7) is 0.675. The monoisotopic (exact) mass is 261 g/mol. The molecule has 1 N–H and O–H groups in total. The predicted octanol–water partition coefficient (Wildman–Crippen LogP) is 0.651. The average Bonchev–Trinajstić information content (AvgIpc) is 2.84. The number of methoxy groups -OCH3 is 1. The van der Waals surface area contributed by atoms with Crippen molar-refractivity contribution in [3.8, 4) is 0 Å². The Kier molecular flexibility index (Phi) is 4.07. The molecule has 0 unspecified atom stereocenters. The quantitative estimate of drug-likeness (QED) is 0.796. The van der Waals surface area contributed by atoms with Crippen LogP contribution in [0.25, 0.3) is 0 Å². The van der Waals surface area contributed by atoms with Gasteiger partial charge >= 0.3 is 5.97 Å². The van der Waals surface area contributed by atoms with Gasteiger partial charge in [0.1, 0.15) is 12.0 Å². The van der Waals surface area contributed by atoms with Crippen LogP contribution in [0.2, 0.25) is 0 Å². The highest BCUT2D eigenvalue weighted by Crippen LogP contribution is 2.08. The van der Waals surface area contributed by atoms with E-state index in [-0.39, 0.29) is 5.69 Å². The topological polar surface area (TPSA) is 81.9 Å². The molecule has 0 fully saturated rings. The highest BCUT2D eigenvalue weighted by Gasteiger charge is 2.07. The molecule has 0 bridgehead atoms. The number of carbonyl (C=O) groups excluding carboxylic acids is 1. The maximum absolute atomic E-state index is 11.3. The van der Waals surface area contributed by atoms with Crippen molar-refractivity contribution in [2.75, 3.05) is 19.0 Å². The van der Waals surface area contributed by atoms with E-state index in [1.807, 2.05) is 7.05 Å². The fraction of sp³-hybridized carbons (Fsp3) is 0.333. The third-order valence-corrected chi connectivity index (χ3v) is 2.48. The molecule has 2 aromatic rings. The number of anilines is 1. The van der Waals surface area contributed by atoms with Crippen LogP contribution in [-0.2, 0) is 18.2 Å². The molecule has 0 aliphatic carbocycles. The normalized spacial score (nSPS) is 10.2. The van der Waals surface area contributed by atoms with Gasteiger partial charge in [0.05, 0.1) is 7.11 Å². The summed E-state index contributed by atoms with van der Waals surface area (Å²) in [5.74, 6) is 0.326. The van der Waals surface area contributed by atoms with E-state index in [1.165, 1.54) is 7.11 Å². The summed E-state index contributed by atoms with van der Waals surface area (Å²) >= 11 is 0. The molecule has 2 aromatic heterocycles. The van der Waals surface area contributed by atoms with Crippen LogP contribution >= 0.6 is 0 Å². The number of aromatic nitrogens is 4. The second-order valence-electron chi connectivity index (χ2n) is 3.93. The molecule has 0 radical (unpaired) electrons. The summed E-state index contributed by atoms with van der Waals surface area (Å²) in [6, 6.07) is 3.44. The third kappa shape index (κ3) is 3.51. The molecule has 2 rings (SSSR count). The fourth-order valence-corrected chi connectivity index (χ4v) is 1.57. The maximum atomic E-state index is 11.3. The Morgan fingerprint density at radius 2 is 2.32 bits per heavy atom. The van der Waals surface area contributed by atoms with Crippen molar-refractivity contribution in [2.24, 2.45) is 7.05 Å². The molecule has 0 aliphatic heterocycles. The predicted molar refractivity (Wildman–Crippen MR) is 68.8 cm³/mol. The van der Waals surface area contributed by atoms with Gasteiger partial charge in [0, 0.05) is 31.9 Å².